The summed E-state index contributed by atoms with van der Waals surface area (Å²) in [5.74, 6) is 2.53. The Morgan fingerprint density at radius 1 is 1.08 bits per heavy atom. The lowest BCUT2D eigenvalue weighted by atomic mass is 9.96. The lowest BCUT2D eigenvalue weighted by Gasteiger charge is -2.23. The van der Waals surface area contributed by atoms with Gasteiger partial charge in [-0.3, -0.25) is 0 Å². The van der Waals surface area contributed by atoms with Crippen LogP contribution in [-0.2, 0) is 6.42 Å². The fraction of sp³-hybridized carbons (Fsp3) is 0.500. The second-order valence-corrected chi connectivity index (χ2v) is 6.72. The van der Waals surface area contributed by atoms with Crippen LogP contribution in [0.3, 0.4) is 0 Å². The number of hydrogen-bond donors (Lipinski definition) is 2. The first kappa shape index (κ1) is 17.5. The largest absolute Gasteiger partial charge is 0.497 e. The molecule has 0 unspecified atom stereocenters. The minimum Gasteiger partial charge on any atom is -0.497 e. The van der Waals surface area contributed by atoms with Crippen molar-refractivity contribution in [3.8, 4) is 5.75 Å². The number of nitrogens with zero attached hydrogens (tertiary/aromatic N) is 2. The predicted octanol–water partition coefficient (Wildman–Crippen LogP) is 4.19. The Balaban J connectivity index is 1.54. The van der Waals surface area contributed by atoms with Crippen molar-refractivity contribution in [2.45, 2.75) is 51.5 Å². The molecule has 0 spiro atoms. The lowest BCUT2D eigenvalue weighted by Crippen LogP contribution is -2.24. The smallest absolute Gasteiger partial charge is 0.225 e. The first-order chi connectivity index (χ1) is 12.2. The van der Waals surface area contributed by atoms with E-state index in [0.717, 1.165) is 36.2 Å². The average Bonchev–Trinajstić information content (AvgIpc) is 2.63. The number of aryl methyl sites for hydroxylation is 1. The minimum absolute atomic E-state index is 0.516. The molecule has 1 fully saturated rings. The van der Waals surface area contributed by atoms with Gasteiger partial charge in [0.05, 0.1) is 7.11 Å². The highest BCUT2D eigenvalue weighted by Crippen LogP contribution is 2.21. The highest BCUT2D eigenvalue weighted by Gasteiger charge is 2.14. The van der Waals surface area contributed by atoms with Gasteiger partial charge in [-0.05, 0) is 43.9 Å². The first-order valence-corrected chi connectivity index (χ1v) is 9.22. The summed E-state index contributed by atoms with van der Waals surface area (Å²) in [6.45, 7) is 2.86. The molecule has 1 saturated carbocycles. The first-order valence-electron chi connectivity index (χ1n) is 9.22. The van der Waals surface area contributed by atoms with E-state index in [4.69, 9.17) is 4.74 Å². The molecule has 1 heterocycles. The van der Waals surface area contributed by atoms with Crippen molar-refractivity contribution in [1.29, 1.82) is 0 Å². The molecule has 25 heavy (non-hydrogen) atoms. The molecule has 2 aromatic rings. The van der Waals surface area contributed by atoms with Gasteiger partial charge in [0, 0.05) is 24.3 Å². The van der Waals surface area contributed by atoms with Gasteiger partial charge >= 0.3 is 0 Å². The molecule has 5 nitrogen and oxygen atoms in total. The molecule has 1 aromatic carbocycles. The Bertz CT molecular complexity index is 666. The van der Waals surface area contributed by atoms with Crippen LogP contribution < -0.4 is 15.4 Å². The molecule has 0 radical (unpaired) electrons. The minimum atomic E-state index is 0.516. The Hall–Kier alpha value is -2.30. The van der Waals surface area contributed by atoms with Crippen LogP contribution in [-0.4, -0.2) is 29.7 Å². The molecule has 1 aliphatic carbocycles. The van der Waals surface area contributed by atoms with E-state index < -0.39 is 0 Å². The molecule has 2 N–H and O–H groups in total. The van der Waals surface area contributed by atoms with Crippen LogP contribution in [0.15, 0.2) is 30.3 Å². The fourth-order valence-corrected chi connectivity index (χ4v) is 3.28. The number of ether oxygens (including phenoxy) is 1. The molecule has 0 aliphatic heterocycles. The Labute approximate surface area is 150 Å². The number of aromatic nitrogens is 2. The quantitative estimate of drug-likeness (QED) is 0.791. The highest BCUT2D eigenvalue weighted by atomic mass is 16.5. The van der Waals surface area contributed by atoms with Crippen LogP contribution in [0.4, 0.5) is 11.8 Å². The summed E-state index contributed by atoms with van der Waals surface area (Å²) < 4.78 is 5.19. The van der Waals surface area contributed by atoms with Crippen LogP contribution in [0.1, 0.15) is 43.4 Å². The lowest BCUT2D eigenvalue weighted by molar-refractivity contribution is 0.414. The third-order valence-corrected chi connectivity index (χ3v) is 4.67. The topological polar surface area (TPSA) is 59.1 Å². The molecule has 0 saturated heterocycles. The van der Waals surface area contributed by atoms with Gasteiger partial charge < -0.3 is 15.4 Å². The van der Waals surface area contributed by atoms with E-state index in [1.54, 1.807) is 7.11 Å². The molecule has 0 amide bonds. The molecule has 0 atom stereocenters. The summed E-state index contributed by atoms with van der Waals surface area (Å²) in [4.78, 5) is 9.17. The Kier molecular flexibility index (Phi) is 6.09. The number of hydrogen-bond acceptors (Lipinski definition) is 5. The van der Waals surface area contributed by atoms with Crippen molar-refractivity contribution < 1.29 is 4.74 Å². The van der Waals surface area contributed by atoms with Gasteiger partial charge in [-0.1, -0.05) is 31.4 Å². The van der Waals surface area contributed by atoms with Crippen molar-refractivity contribution in [2.24, 2.45) is 0 Å². The molecule has 1 aliphatic rings. The third kappa shape index (κ3) is 5.34. The van der Waals surface area contributed by atoms with E-state index >= 15 is 0 Å². The molecule has 3 rings (SSSR count). The van der Waals surface area contributed by atoms with Gasteiger partial charge in [0.15, 0.2) is 0 Å². The predicted molar refractivity (Wildman–Crippen MR) is 102 cm³/mol. The van der Waals surface area contributed by atoms with Gasteiger partial charge in [-0.2, -0.15) is 4.98 Å². The SMILES string of the molecule is COc1ccc(CCNc2cc(C)nc(NC3CCCCC3)n2)cc1. The number of anilines is 2. The normalized spacial score (nSPS) is 15.0. The summed E-state index contributed by atoms with van der Waals surface area (Å²) >= 11 is 0. The van der Waals surface area contributed by atoms with Crippen molar-refractivity contribution in [3.63, 3.8) is 0 Å². The summed E-state index contributed by atoms with van der Waals surface area (Å²) in [5, 5.41) is 6.92. The molecule has 1 aromatic heterocycles. The third-order valence-electron chi connectivity index (χ3n) is 4.67. The second-order valence-electron chi connectivity index (χ2n) is 6.72. The monoisotopic (exact) mass is 340 g/mol. The fourth-order valence-electron chi connectivity index (χ4n) is 3.28. The van der Waals surface area contributed by atoms with Crippen LogP contribution >= 0.6 is 0 Å². The number of methoxy groups -OCH3 is 1. The van der Waals surface area contributed by atoms with Crippen LogP contribution in [0.25, 0.3) is 0 Å². The van der Waals surface area contributed by atoms with E-state index in [2.05, 4.69) is 32.7 Å². The number of nitrogens with one attached hydrogen (secondary N) is 2. The summed E-state index contributed by atoms with van der Waals surface area (Å²) in [6, 6.07) is 10.7. The van der Waals surface area contributed by atoms with Crippen LogP contribution in [0, 0.1) is 6.92 Å². The van der Waals surface area contributed by atoms with Gasteiger partial charge in [-0.15, -0.1) is 0 Å². The standard InChI is InChI=1S/C20H28N4O/c1-15-14-19(21-13-12-16-8-10-18(25-2)11-9-16)24-20(22-15)23-17-6-4-3-5-7-17/h8-11,14,17H,3-7,12-13H2,1-2H3,(H2,21,22,23,24). The summed E-state index contributed by atoms with van der Waals surface area (Å²) in [6.07, 6.45) is 7.34. The maximum atomic E-state index is 5.19. The Morgan fingerprint density at radius 2 is 1.84 bits per heavy atom. The molecular formula is C20H28N4O. The van der Waals surface area contributed by atoms with Crippen molar-refractivity contribution in [3.05, 3.63) is 41.6 Å². The van der Waals surface area contributed by atoms with E-state index in [1.165, 1.54) is 37.7 Å². The van der Waals surface area contributed by atoms with Gasteiger partial charge in [-0.25, -0.2) is 4.98 Å². The highest BCUT2D eigenvalue weighted by molar-refractivity contribution is 5.42. The van der Waals surface area contributed by atoms with E-state index in [-0.39, 0.29) is 0 Å². The second kappa shape index (κ2) is 8.70. The zero-order chi connectivity index (χ0) is 17.5. The molecule has 0 bridgehead atoms. The molecule has 134 valence electrons. The van der Waals surface area contributed by atoms with Crippen molar-refractivity contribution in [2.75, 3.05) is 24.3 Å². The van der Waals surface area contributed by atoms with Crippen molar-refractivity contribution in [1.82, 2.24) is 9.97 Å². The van der Waals surface area contributed by atoms with Crippen LogP contribution in [0.5, 0.6) is 5.75 Å². The van der Waals surface area contributed by atoms with Gasteiger partial charge in [0.1, 0.15) is 11.6 Å². The van der Waals surface area contributed by atoms with Crippen LogP contribution in [0.2, 0.25) is 0 Å². The number of rotatable bonds is 7. The van der Waals surface area contributed by atoms with E-state index in [0.29, 0.717) is 6.04 Å². The summed E-state index contributed by atoms with van der Waals surface area (Å²) in [7, 11) is 1.69. The van der Waals surface area contributed by atoms with Gasteiger partial charge in [0.2, 0.25) is 5.95 Å². The zero-order valence-corrected chi connectivity index (χ0v) is 15.2. The summed E-state index contributed by atoms with van der Waals surface area (Å²) in [5.41, 5.74) is 2.26. The maximum Gasteiger partial charge on any atom is 0.225 e. The average molecular weight is 340 g/mol. The van der Waals surface area contributed by atoms with E-state index in [1.807, 2.05) is 25.1 Å². The molecule has 5 heteroatoms. The Morgan fingerprint density at radius 3 is 2.56 bits per heavy atom. The number of benzene rings is 1. The maximum absolute atomic E-state index is 5.19. The zero-order valence-electron chi connectivity index (χ0n) is 15.2. The van der Waals surface area contributed by atoms with Gasteiger partial charge in [0.25, 0.3) is 0 Å². The van der Waals surface area contributed by atoms with E-state index in [9.17, 15) is 0 Å². The molecular weight excluding hydrogens is 312 g/mol. The van der Waals surface area contributed by atoms with Crippen molar-refractivity contribution >= 4 is 11.8 Å².